The number of hydrogen-bond acceptors (Lipinski definition) is 1. The van der Waals surface area contributed by atoms with Gasteiger partial charge in [-0.05, 0) is 97.7 Å². The van der Waals surface area contributed by atoms with Crippen molar-refractivity contribution in [2.24, 2.45) is 5.41 Å². The van der Waals surface area contributed by atoms with Gasteiger partial charge in [0.1, 0.15) is 0 Å². The molecule has 0 saturated heterocycles. The Balaban J connectivity index is 1.68. The zero-order valence-corrected chi connectivity index (χ0v) is 27.1. The number of hydrogen-bond donors (Lipinski definition) is 1. The van der Waals surface area contributed by atoms with Crippen LogP contribution in [0.2, 0.25) is 0 Å². The Morgan fingerprint density at radius 2 is 1.17 bits per heavy atom. The molecule has 0 aliphatic rings. The maximum absolute atomic E-state index is 4.40. The van der Waals surface area contributed by atoms with Crippen LogP contribution in [0.5, 0.6) is 0 Å². The Hall–Kier alpha value is -3.58. The quantitative estimate of drug-likeness (QED) is 0.161. The molecule has 1 nitrogen and oxygen atoms in total. The van der Waals surface area contributed by atoms with Gasteiger partial charge in [-0.15, -0.1) is 0 Å². The first-order valence-electron chi connectivity index (χ1n) is 15.8. The minimum Gasteiger partial charge on any atom is -0.380 e. The van der Waals surface area contributed by atoms with Gasteiger partial charge in [0, 0.05) is 16.7 Å². The van der Waals surface area contributed by atoms with Crippen LogP contribution in [0.3, 0.4) is 0 Å². The van der Waals surface area contributed by atoms with Crippen LogP contribution >= 0.6 is 0 Å². The Morgan fingerprint density at radius 3 is 1.67 bits per heavy atom. The first kappa shape index (κ1) is 31.4. The van der Waals surface area contributed by atoms with Gasteiger partial charge in [0.15, 0.2) is 0 Å². The molecular formula is C41H51N. The van der Waals surface area contributed by atoms with Crippen LogP contribution in [0, 0.1) is 12.3 Å². The highest BCUT2D eigenvalue weighted by Crippen LogP contribution is 2.47. The van der Waals surface area contributed by atoms with Gasteiger partial charge < -0.3 is 5.32 Å². The van der Waals surface area contributed by atoms with E-state index < -0.39 is 0 Å². The summed E-state index contributed by atoms with van der Waals surface area (Å²) in [5, 5.41) is 3.78. The zero-order valence-electron chi connectivity index (χ0n) is 27.1. The summed E-state index contributed by atoms with van der Waals surface area (Å²) in [6.07, 6.45) is 5.23. The molecule has 0 amide bonds. The molecule has 0 unspecified atom stereocenters. The standard InChI is InChI=1S/C41H51N/c1-9-33-19-23-37(24-20-33)41(36-17-12-11-13-18-36,38-25-21-34(10-2)22-26-38)28-27-39(5,6)30-40(7,8)42-32(4)35-16-14-15-31(3)29-35/h11-26,29,42H,4,9-10,27-28,30H2,1-3,5-8H3. The van der Waals surface area contributed by atoms with E-state index in [1.54, 1.807) is 0 Å². The number of nitrogens with one attached hydrogen (secondary N) is 1. The van der Waals surface area contributed by atoms with Crippen LogP contribution in [-0.2, 0) is 18.3 Å². The predicted molar refractivity (Wildman–Crippen MR) is 183 cm³/mol. The molecule has 0 aromatic heterocycles. The second-order valence-electron chi connectivity index (χ2n) is 13.6. The van der Waals surface area contributed by atoms with Crippen molar-refractivity contribution in [2.45, 2.75) is 91.5 Å². The zero-order chi connectivity index (χ0) is 30.4. The molecule has 42 heavy (non-hydrogen) atoms. The molecule has 0 bridgehead atoms. The van der Waals surface area contributed by atoms with E-state index in [-0.39, 0.29) is 16.4 Å². The first-order chi connectivity index (χ1) is 20.0. The van der Waals surface area contributed by atoms with Crippen molar-refractivity contribution in [2.75, 3.05) is 0 Å². The maximum atomic E-state index is 4.40. The summed E-state index contributed by atoms with van der Waals surface area (Å²) in [5.74, 6) is 0. The molecule has 0 radical (unpaired) electrons. The van der Waals surface area contributed by atoms with E-state index in [0.29, 0.717) is 0 Å². The molecule has 1 N–H and O–H groups in total. The largest absolute Gasteiger partial charge is 0.380 e. The van der Waals surface area contributed by atoms with Crippen molar-refractivity contribution in [1.29, 1.82) is 0 Å². The SMILES string of the molecule is C=C(NC(C)(C)CC(C)(C)CCC(c1ccccc1)(c1ccc(CC)cc1)c1ccc(CC)cc1)c1cccc(C)c1. The van der Waals surface area contributed by atoms with Crippen LogP contribution in [0.25, 0.3) is 5.70 Å². The molecule has 0 fully saturated rings. The Kier molecular flexibility index (Phi) is 9.82. The summed E-state index contributed by atoms with van der Waals surface area (Å²) >= 11 is 0. The molecule has 0 atom stereocenters. The summed E-state index contributed by atoms with van der Waals surface area (Å²) in [4.78, 5) is 0. The van der Waals surface area contributed by atoms with Gasteiger partial charge in [-0.2, -0.15) is 0 Å². The molecule has 4 aromatic rings. The number of aryl methyl sites for hydroxylation is 3. The molecule has 0 spiro atoms. The molecule has 0 heterocycles. The monoisotopic (exact) mass is 557 g/mol. The third kappa shape index (κ3) is 7.43. The highest BCUT2D eigenvalue weighted by Gasteiger charge is 2.39. The number of rotatable bonds is 13. The van der Waals surface area contributed by atoms with Crippen molar-refractivity contribution in [3.8, 4) is 0 Å². The number of benzene rings is 4. The molecule has 1 heteroatoms. The summed E-state index contributed by atoms with van der Waals surface area (Å²) in [6, 6.07) is 38.6. The second-order valence-corrected chi connectivity index (χ2v) is 13.6. The van der Waals surface area contributed by atoms with E-state index in [1.165, 1.54) is 33.4 Å². The highest BCUT2D eigenvalue weighted by atomic mass is 15.0. The van der Waals surface area contributed by atoms with E-state index in [1.807, 2.05) is 0 Å². The van der Waals surface area contributed by atoms with Gasteiger partial charge in [-0.3, -0.25) is 0 Å². The first-order valence-corrected chi connectivity index (χ1v) is 15.8. The van der Waals surface area contributed by atoms with Gasteiger partial charge >= 0.3 is 0 Å². The average molecular weight is 558 g/mol. The molecule has 0 saturated carbocycles. The van der Waals surface area contributed by atoms with Crippen LogP contribution in [-0.4, -0.2) is 5.54 Å². The minimum atomic E-state index is -0.236. The van der Waals surface area contributed by atoms with E-state index in [4.69, 9.17) is 0 Å². The summed E-state index contributed by atoms with van der Waals surface area (Å²) in [6.45, 7) is 20.5. The van der Waals surface area contributed by atoms with Gasteiger partial charge in [0.2, 0.25) is 0 Å². The summed E-state index contributed by atoms with van der Waals surface area (Å²) in [5.41, 5.74) is 10.0. The second kappa shape index (κ2) is 13.2. The fourth-order valence-corrected chi connectivity index (χ4v) is 6.87. The Bertz CT molecular complexity index is 1390. The van der Waals surface area contributed by atoms with Crippen molar-refractivity contribution in [3.63, 3.8) is 0 Å². The Labute approximate surface area is 256 Å². The lowest BCUT2D eigenvalue weighted by molar-refractivity contribution is 0.211. The van der Waals surface area contributed by atoms with E-state index in [2.05, 4.69) is 163 Å². The molecule has 0 aliphatic heterocycles. The molecular weight excluding hydrogens is 506 g/mol. The van der Waals surface area contributed by atoms with E-state index in [9.17, 15) is 0 Å². The van der Waals surface area contributed by atoms with Gasteiger partial charge in [-0.25, -0.2) is 0 Å². The summed E-state index contributed by atoms with van der Waals surface area (Å²) in [7, 11) is 0. The van der Waals surface area contributed by atoms with Gasteiger partial charge in [-0.1, -0.05) is 137 Å². The predicted octanol–water partition coefficient (Wildman–Crippen LogP) is 10.7. The molecule has 220 valence electrons. The lowest BCUT2D eigenvalue weighted by atomic mass is 9.63. The fourth-order valence-electron chi connectivity index (χ4n) is 6.87. The van der Waals surface area contributed by atoms with Crippen LogP contribution in [0.15, 0.2) is 110 Å². The van der Waals surface area contributed by atoms with Crippen LogP contribution < -0.4 is 5.32 Å². The smallest absolute Gasteiger partial charge is 0.0451 e. The normalized spacial score (nSPS) is 12.3. The summed E-state index contributed by atoms with van der Waals surface area (Å²) < 4.78 is 0. The van der Waals surface area contributed by atoms with E-state index in [0.717, 1.165) is 43.4 Å². The van der Waals surface area contributed by atoms with Crippen molar-refractivity contribution in [1.82, 2.24) is 5.32 Å². The molecule has 0 aliphatic carbocycles. The molecule has 4 aromatic carbocycles. The lowest BCUT2D eigenvalue weighted by Gasteiger charge is -2.41. The lowest BCUT2D eigenvalue weighted by Crippen LogP contribution is -2.42. The third-order valence-corrected chi connectivity index (χ3v) is 8.93. The van der Waals surface area contributed by atoms with Gasteiger partial charge in [0.05, 0.1) is 0 Å². The van der Waals surface area contributed by atoms with E-state index >= 15 is 0 Å². The van der Waals surface area contributed by atoms with Crippen LogP contribution in [0.4, 0.5) is 0 Å². The van der Waals surface area contributed by atoms with Crippen molar-refractivity contribution >= 4 is 5.70 Å². The van der Waals surface area contributed by atoms with Crippen molar-refractivity contribution < 1.29 is 0 Å². The average Bonchev–Trinajstić information content (AvgIpc) is 2.98. The topological polar surface area (TPSA) is 12.0 Å². The maximum Gasteiger partial charge on any atom is 0.0451 e. The van der Waals surface area contributed by atoms with Crippen LogP contribution in [0.1, 0.15) is 99.7 Å². The highest BCUT2D eigenvalue weighted by molar-refractivity contribution is 5.62. The fraction of sp³-hybridized carbons (Fsp3) is 0.366. The minimum absolute atomic E-state index is 0.0934. The van der Waals surface area contributed by atoms with Crippen molar-refractivity contribution in [3.05, 3.63) is 149 Å². The Morgan fingerprint density at radius 1 is 0.643 bits per heavy atom. The third-order valence-electron chi connectivity index (χ3n) is 8.93. The van der Waals surface area contributed by atoms with Gasteiger partial charge in [0.25, 0.3) is 0 Å². The molecule has 4 rings (SSSR count).